The minimum Gasteiger partial charge on any atom is -0.454 e. The Balaban J connectivity index is 1.73. The topological polar surface area (TPSA) is 67.9 Å². The van der Waals surface area contributed by atoms with Gasteiger partial charge in [-0.3, -0.25) is 9.59 Å². The number of rotatable bonds is 9. The number of nitrogens with zero attached hydrogens (tertiary/aromatic N) is 1. The highest BCUT2D eigenvalue weighted by atomic mass is 16.7. The Hall–Kier alpha value is -3.02. The number of carbonyl (C=O) groups is 2. The van der Waals surface area contributed by atoms with Crippen LogP contribution in [0.25, 0.3) is 0 Å². The molecule has 0 aromatic heterocycles. The molecule has 6 nitrogen and oxygen atoms in total. The number of carbonyl (C=O) groups excluding carboxylic acids is 2. The summed E-state index contributed by atoms with van der Waals surface area (Å²) in [6.07, 6.45) is 1.46. The highest BCUT2D eigenvalue weighted by molar-refractivity contribution is 5.87. The van der Waals surface area contributed by atoms with Gasteiger partial charge in [0.1, 0.15) is 6.04 Å². The number of aryl methyl sites for hydroxylation is 1. The maximum atomic E-state index is 13.2. The first-order chi connectivity index (χ1) is 14.1. The van der Waals surface area contributed by atoms with Gasteiger partial charge in [0.15, 0.2) is 11.5 Å². The molecule has 1 heterocycles. The van der Waals surface area contributed by atoms with Crippen molar-refractivity contribution in [1.82, 2.24) is 10.2 Å². The molecular weight excluding hydrogens is 368 g/mol. The Bertz CT molecular complexity index is 838. The quantitative estimate of drug-likeness (QED) is 0.706. The molecule has 2 amide bonds. The summed E-state index contributed by atoms with van der Waals surface area (Å²) in [5, 5.41) is 2.86. The molecule has 0 unspecified atom stereocenters. The largest absolute Gasteiger partial charge is 0.454 e. The number of nitrogens with one attached hydrogen (secondary N) is 1. The van der Waals surface area contributed by atoms with E-state index in [0.29, 0.717) is 38.1 Å². The van der Waals surface area contributed by atoms with Crippen molar-refractivity contribution in [3.8, 4) is 11.5 Å². The number of benzene rings is 2. The third kappa shape index (κ3) is 5.28. The van der Waals surface area contributed by atoms with Gasteiger partial charge in [0, 0.05) is 19.5 Å². The first-order valence-electron chi connectivity index (χ1n) is 10.1. The molecule has 0 bridgehead atoms. The van der Waals surface area contributed by atoms with Crippen LogP contribution in [-0.2, 0) is 22.6 Å². The minimum absolute atomic E-state index is 0.0374. The van der Waals surface area contributed by atoms with E-state index in [1.165, 1.54) is 0 Å². The Morgan fingerprint density at radius 3 is 2.52 bits per heavy atom. The lowest BCUT2D eigenvalue weighted by atomic mass is 10.1. The van der Waals surface area contributed by atoms with Crippen LogP contribution in [0.4, 0.5) is 0 Å². The number of hydrogen-bond donors (Lipinski definition) is 1. The molecule has 1 aliphatic heterocycles. The average Bonchev–Trinajstić information content (AvgIpc) is 3.20. The van der Waals surface area contributed by atoms with Crippen LogP contribution in [0, 0.1) is 0 Å². The fourth-order valence-electron chi connectivity index (χ4n) is 3.48. The normalized spacial score (nSPS) is 13.0. The first kappa shape index (κ1) is 20.7. The van der Waals surface area contributed by atoms with E-state index in [1.54, 1.807) is 4.90 Å². The van der Waals surface area contributed by atoms with Crippen molar-refractivity contribution in [2.75, 3.05) is 13.3 Å². The van der Waals surface area contributed by atoms with Crippen molar-refractivity contribution in [1.29, 1.82) is 0 Å². The second-order valence-corrected chi connectivity index (χ2v) is 7.01. The Morgan fingerprint density at radius 2 is 1.79 bits per heavy atom. The Labute approximate surface area is 171 Å². The van der Waals surface area contributed by atoms with E-state index in [-0.39, 0.29) is 18.6 Å². The van der Waals surface area contributed by atoms with Gasteiger partial charge >= 0.3 is 0 Å². The summed E-state index contributed by atoms with van der Waals surface area (Å²) in [5.41, 5.74) is 2.01. The van der Waals surface area contributed by atoms with Crippen LogP contribution in [0.3, 0.4) is 0 Å². The van der Waals surface area contributed by atoms with Crippen molar-refractivity contribution in [2.45, 2.75) is 45.7 Å². The van der Waals surface area contributed by atoms with Crippen molar-refractivity contribution in [2.24, 2.45) is 0 Å². The van der Waals surface area contributed by atoms with Crippen LogP contribution in [0.1, 0.15) is 37.8 Å². The molecule has 0 radical (unpaired) electrons. The van der Waals surface area contributed by atoms with E-state index in [4.69, 9.17) is 9.47 Å². The molecule has 0 saturated carbocycles. The number of hydrogen-bond acceptors (Lipinski definition) is 4. The lowest BCUT2D eigenvalue weighted by molar-refractivity contribution is -0.141. The third-order valence-electron chi connectivity index (χ3n) is 5.00. The van der Waals surface area contributed by atoms with Gasteiger partial charge < -0.3 is 19.7 Å². The van der Waals surface area contributed by atoms with Gasteiger partial charge in [-0.1, -0.05) is 43.3 Å². The molecule has 29 heavy (non-hydrogen) atoms. The maximum Gasteiger partial charge on any atom is 0.242 e. The van der Waals surface area contributed by atoms with E-state index in [0.717, 1.165) is 16.9 Å². The van der Waals surface area contributed by atoms with Gasteiger partial charge in [-0.15, -0.1) is 0 Å². The monoisotopic (exact) mass is 396 g/mol. The number of fused-ring (bicyclic) bond motifs is 1. The van der Waals surface area contributed by atoms with Crippen molar-refractivity contribution in [3.63, 3.8) is 0 Å². The van der Waals surface area contributed by atoms with Crippen molar-refractivity contribution >= 4 is 11.8 Å². The molecule has 0 fully saturated rings. The maximum absolute atomic E-state index is 13.2. The van der Waals surface area contributed by atoms with E-state index < -0.39 is 6.04 Å². The highest BCUT2D eigenvalue weighted by Crippen LogP contribution is 2.32. The molecular formula is C23H28N2O4. The number of likely N-dealkylation sites (N-methyl/N-ethyl adjacent to an activating group) is 1. The zero-order valence-corrected chi connectivity index (χ0v) is 17.0. The van der Waals surface area contributed by atoms with Gasteiger partial charge in [0.2, 0.25) is 18.6 Å². The molecule has 0 aliphatic carbocycles. The summed E-state index contributed by atoms with van der Waals surface area (Å²) in [6, 6.07) is 15.0. The van der Waals surface area contributed by atoms with Crippen LogP contribution < -0.4 is 14.8 Å². The Morgan fingerprint density at radius 1 is 1.03 bits per heavy atom. The van der Waals surface area contributed by atoms with Gasteiger partial charge in [0.05, 0.1) is 0 Å². The SMILES string of the molecule is CCNC(=O)[C@H](CC)N(Cc1ccccc1)C(=O)CCc1ccc2c(c1)OCO2. The zero-order chi connectivity index (χ0) is 20.6. The standard InChI is InChI=1S/C23H28N2O4/c1-3-19(23(27)24-4-2)25(15-18-8-6-5-7-9-18)22(26)13-11-17-10-12-20-21(14-17)29-16-28-20/h5-10,12,14,19H,3-4,11,13,15-16H2,1-2H3,(H,24,27)/t19-/m0/s1. The summed E-state index contributed by atoms with van der Waals surface area (Å²) in [4.78, 5) is 27.4. The second-order valence-electron chi connectivity index (χ2n) is 7.01. The van der Waals surface area contributed by atoms with Crippen LogP contribution in [0.2, 0.25) is 0 Å². The summed E-state index contributed by atoms with van der Waals surface area (Å²) in [5.74, 6) is 1.30. The highest BCUT2D eigenvalue weighted by Gasteiger charge is 2.28. The summed E-state index contributed by atoms with van der Waals surface area (Å²) in [7, 11) is 0. The summed E-state index contributed by atoms with van der Waals surface area (Å²) < 4.78 is 10.8. The van der Waals surface area contributed by atoms with Crippen molar-refractivity contribution in [3.05, 3.63) is 59.7 Å². The molecule has 0 saturated heterocycles. The Kier molecular flexibility index (Phi) is 7.11. The summed E-state index contributed by atoms with van der Waals surface area (Å²) in [6.45, 7) is 5.00. The predicted molar refractivity (Wildman–Crippen MR) is 111 cm³/mol. The van der Waals surface area contributed by atoms with Gasteiger partial charge in [-0.05, 0) is 43.0 Å². The molecule has 1 N–H and O–H groups in total. The average molecular weight is 396 g/mol. The summed E-state index contributed by atoms with van der Waals surface area (Å²) >= 11 is 0. The fourth-order valence-corrected chi connectivity index (χ4v) is 3.48. The van der Waals surface area contributed by atoms with Crippen LogP contribution >= 0.6 is 0 Å². The molecule has 2 aromatic carbocycles. The number of amides is 2. The molecule has 154 valence electrons. The lowest BCUT2D eigenvalue weighted by Crippen LogP contribution is -2.49. The zero-order valence-electron chi connectivity index (χ0n) is 17.0. The third-order valence-corrected chi connectivity index (χ3v) is 5.00. The molecule has 1 aliphatic rings. The molecule has 6 heteroatoms. The van der Waals surface area contributed by atoms with Crippen LogP contribution in [-0.4, -0.2) is 36.1 Å². The smallest absolute Gasteiger partial charge is 0.242 e. The van der Waals surface area contributed by atoms with Crippen LogP contribution in [0.15, 0.2) is 48.5 Å². The van der Waals surface area contributed by atoms with E-state index in [2.05, 4.69) is 5.32 Å². The first-order valence-corrected chi connectivity index (χ1v) is 10.1. The van der Waals surface area contributed by atoms with E-state index >= 15 is 0 Å². The van der Waals surface area contributed by atoms with Gasteiger partial charge in [0.25, 0.3) is 0 Å². The second kappa shape index (κ2) is 9.96. The van der Waals surface area contributed by atoms with Crippen molar-refractivity contribution < 1.29 is 19.1 Å². The number of ether oxygens (including phenoxy) is 2. The lowest BCUT2D eigenvalue weighted by Gasteiger charge is -2.30. The van der Waals surface area contributed by atoms with E-state index in [1.807, 2.05) is 62.4 Å². The van der Waals surface area contributed by atoms with Gasteiger partial charge in [-0.2, -0.15) is 0 Å². The predicted octanol–water partition coefficient (Wildman–Crippen LogP) is 3.29. The van der Waals surface area contributed by atoms with Gasteiger partial charge in [-0.25, -0.2) is 0 Å². The molecule has 2 aromatic rings. The molecule has 1 atom stereocenters. The molecule has 3 rings (SSSR count). The fraction of sp³-hybridized carbons (Fsp3) is 0.391. The van der Waals surface area contributed by atoms with Crippen LogP contribution in [0.5, 0.6) is 11.5 Å². The van der Waals surface area contributed by atoms with E-state index in [9.17, 15) is 9.59 Å². The minimum atomic E-state index is -0.487. The molecule has 0 spiro atoms.